The minimum absolute atomic E-state index is 0.186. The molecule has 4 heterocycles. The van der Waals surface area contributed by atoms with E-state index in [-0.39, 0.29) is 36.4 Å². The average Bonchev–Trinajstić information content (AvgIpc) is 3.26. The summed E-state index contributed by atoms with van der Waals surface area (Å²) < 4.78 is 39.5. The van der Waals surface area contributed by atoms with Gasteiger partial charge in [0.2, 0.25) is 11.9 Å². The molecule has 1 fully saturated rings. The first-order valence-corrected chi connectivity index (χ1v) is 10.9. The van der Waals surface area contributed by atoms with Crippen LogP contribution in [-0.4, -0.2) is 74.7 Å². The molecule has 0 spiro atoms. The van der Waals surface area contributed by atoms with Gasteiger partial charge < -0.3 is 25.4 Å². The number of carbonyl (C=O) groups is 2. The van der Waals surface area contributed by atoms with Crippen LogP contribution in [0, 0.1) is 5.92 Å². The number of rotatable bonds is 7. The predicted octanol–water partition coefficient (Wildman–Crippen LogP) is 1.73. The summed E-state index contributed by atoms with van der Waals surface area (Å²) in [6.45, 7) is 1.23. The van der Waals surface area contributed by atoms with Crippen LogP contribution in [0.4, 0.5) is 30.8 Å². The van der Waals surface area contributed by atoms with Crippen LogP contribution in [0.5, 0.6) is 0 Å². The number of anilines is 3. The summed E-state index contributed by atoms with van der Waals surface area (Å²) in [7, 11) is 3.09. The van der Waals surface area contributed by atoms with Crippen LogP contribution < -0.4 is 20.9 Å². The summed E-state index contributed by atoms with van der Waals surface area (Å²) in [5.74, 6) is -1.31. The molecule has 0 aliphatic carbocycles. The van der Waals surface area contributed by atoms with Crippen LogP contribution in [0.2, 0.25) is 0 Å². The Bertz CT molecular complexity index is 1260. The fraction of sp³-hybridized carbons (Fsp3) is 0.381. The maximum atomic E-state index is 12.9. The van der Waals surface area contributed by atoms with E-state index in [9.17, 15) is 22.8 Å². The number of nitrogens with one attached hydrogen (secondary N) is 3. The highest BCUT2D eigenvalue weighted by molar-refractivity contribution is 5.99. The monoisotopic (exact) mass is 504 g/mol. The van der Waals surface area contributed by atoms with E-state index in [4.69, 9.17) is 0 Å². The van der Waals surface area contributed by atoms with Gasteiger partial charge in [-0.05, 0) is 13.0 Å². The van der Waals surface area contributed by atoms with Crippen LogP contribution in [0.15, 0.2) is 31.0 Å². The van der Waals surface area contributed by atoms with Crippen molar-refractivity contribution >= 4 is 29.4 Å². The summed E-state index contributed by atoms with van der Waals surface area (Å²) in [5.41, 5.74) is 0.623. The van der Waals surface area contributed by atoms with Gasteiger partial charge in [-0.25, -0.2) is 24.9 Å². The van der Waals surface area contributed by atoms with Crippen LogP contribution in [0.3, 0.4) is 0 Å². The Labute approximate surface area is 203 Å². The second-order valence-electron chi connectivity index (χ2n) is 8.02. The van der Waals surface area contributed by atoms with Crippen LogP contribution in [0.1, 0.15) is 23.5 Å². The number of imidazole rings is 1. The fourth-order valence-electron chi connectivity index (χ4n) is 3.55. The molecule has 15 heteroatoms. The van der Waals surface area contributed by atoms with Crippen LogP contribution >= 0.6 is 0 Å². The Morgan fingerprint density at radius 3 is 2.42 bits per heavy atom. The van der Waals surface area contributed by atoms with Gasteiger partial charge in [-0.15, -0.1) is 0 Å². The van der Waals surface area contributed by atoms with E-state index >= 15 is 0 Å². The van der Waals surface area contributed by atoms with Crippen molar-refractivity contribution in [3.63, 3.8) is 0 Å². The van der Waals surface area contributed by atoms with Gasteiger partial charge in [0.25, 0.3) is 5.91 Å². The summed E-state index contributed by atoms with van der Waals surface area (Å²) in [5, 5.41) is 8.02. The largest absolute Gasteiger partial charge is 0.395 e. The molecule has 0 radical (unpaired) electrons. The molecular formula is C21H23F3N10O2. The third kappa shape index (κ3) is 4.89. The van der Waals surface area contributed by atoms with Gasteiger partial charge in [0.05, 0.1) is 17.8 Å². The smallest absolute Gasteiger partial charge is 0.371 e. The van der Waals surface area contributed by atoms with Gasteiger partial charge in [-0.1, -0.05) is 0 Å². The molecule has 1 aliphatic rings. The maximum Gasteiger partial charge on any atom is 0.395 e. The lowest BCUT2D eigenvalue weighted by Gasteiger charge is -2.39. The van der Waals surface area contributed by atoms with Crippen LogP contribution in [0.25, 0.3) is 11.4 Å². The molecular weight excluding hydrogens is 481 g/mol. The third-order valence-corrected chi connectivity index (χ3v) is 5.70. The van der Waals surface area contributed by atoms with E-state index in [0.717, 1.165) is 0 Å². The van der Waals surface area contributed by atoms with Crippen molar-refractivity contribution in [2.45, 2.75) is 19.1 Å². The van der Waals surface area contributed by atoms with Gasteiger partial charge in [-0.2, -0.15) is 13.2 Å². The molecule has 1 saturated heterocycles. The lowest BCUT2D eigenvalue weighted by molar-refractivity contribution is -0.180. The van der Waals surface area contributed by atoms with Gasteiger partial charge >= 0.3 is 6.18 Å². The van der Waals surface area contributed by atoms with Gasteiger partial charge in [0, 0.05) is 45.8 Å². The molecule has 4 rings (SSSR count). The number of amides is 2. The molecule has 1 unspecified atom stereocenters. The molecule has 1 atom stereocenters. The Balaban J connectivity index is 1.45. The first-order valence-electron chi connectivity index (χ1n) is 10.9. The molecule has 3 aromatic heterocycles. The molecule has 3 aromatic rings. The minimum Gasteiger partial charge on any atom is -0.371 e. The first-order chi connectivity index (χ1) is 17.1. The van der Waals surface area contributed by atoms with E-state index in [1.54, 1.807) is 14.0 Å². The second-order valence-corrected chi connectivity index (χ2v) is 8.02. The lowest BCUT2D eigenvalue weighted by Crippen LogP contribution is -2.54. The van der Waals surface area contributed by atoms with E-state index in [1.165, 1.54) is 47.5 Å². The molecule has 12 nitrogen and oxygen atoms in total. The molecule has 2 amide bonds. The van der Waals surface area contributed by atoms with Crippen molar-refractivity contribution in [2.24, 2.45) is 5.92 Å². The molecule has 0 bridgehead atoms. The zero-order chi connectivity index (χ0) is 26.0. The number of alkyl halides is 3. The van der Waals surface area contributed by atoms with Gasteiger partial charge in [0.1, 0.15) is 11.9 Å². The van der Waals surface area contributed by atoms with Crippen molar-refractivity contribution in [1.82, 2.24) is 34.8 Å². The molecule has 1 aliphatic heterocycles. The SMILES string of the molecule is CNC(=O)c1c(NC)ncn1C(C)C(=O)Nc1ccnc(-c2cnc(N3CC(C(F)(F)F)C3)nc2)n1. The molecule has 0 saturated carbocycles. The molecule has 3 N–H and O–H groups in total. The highest BCUT2D eigenvalue weighted by Gasteiger charge is 2.47. The summed E-state index contributed by atoms with van der Waals surface area (Å²) in [6, 6.07) is 0.692. The van der Waals surface area contributed by atoms with Crippen molar-refractivity contribution in [2.75, 3.05) is 42.7 Å². The van der Waals surface area contributed by atoms with Gasteiger partial charge in [-0.3, -0.25) is 9.59 Å². The number of hydrogen-bond acceptors (Lipinski definition) is 9. The quantitative estimate of drug-likeness (QED) is 0.438. The highest BCUT2D eigenvalue weighted by atomic mass is 19.4. The van der Waals surface area contributed by atoms with E-state index in [2.05, 4.69) is 40.9 Å². The van der Waals surface area contributed by atoms with Crippen molar-refractivity contribution < 1.29 is 22.8 Å². The Kier molecular flexibility index (Phi) is 6.72. The molecule has 190 valence electrons. The van der Waals surface area contributed by atoms with Gasteiger partial charge in [0.15, 0.2) is 17.3 Å². The van der Waals surface area contributed by atoms with E-state index in [0.29, 0.717) is 11.4 Å². The topological polar surface area (TPSA) is 143 Å². The number of halogens is 3. The van der Waals surface area contributed by atoms with Crippen LogP contribution in [-0.2, 0) is 4.79 Å². The first kappa shape index (κ1) is 24.8. The second kappa shape index (κ2) is 9.75. The predicted molar refractivity (Wildman–Crippen MR) is 123 cm³/mol. The van der Waals surface area contributed by atoms with Crippen molar-refractivity contribution in [1.29, 1.82) is 0 Å². The highest BCUT2D eigenvalue weighted by Crippen LogP contribution is 2.35. The van der Waals surface area contributed by atoms with Crippen molar-refractivity contribution in [3.05, 3.63) is 36.7 Å². The minimum atomic E-state index is -4.23. The zero-order valence-corrected chi connectivity index (χ0v) is 19.5. The zero-order valence-electron chi connectivity index (χ0n) is 19.5. The summed E-state index contributed by atoms with van der Waals surface area (Å²) >= 11 is 0. The maximum absolute atomic E-state index is 12.9. The summed E-state index contributed by atoms with van der Waals surface area (Å²) in [4.78, 5) is 47.4. The molecule has 36 heavy (non-hydrogen) atoms. The number of aromatic nitrogens is 6. The summed E-state index contributed by atoms with van der Waals surface area (Å²) in [6.07, 6.45) is 1.41. The molecule has 0 aromatic carbocycles. The Morgan fingerprint density at radius 1 is 1.11 bits per heavy atom. The normalized spacial score (nSPS) is 14.7. The Hall–Kier alpha value is -4.30. The Morgan fingerprint density at radius 2 is 1.81 bits per heavy atom. The number of nitrogens with zero attached hydrogens (tertiary/aromatic N) is 7. The number of carbonyl (C=O) groups excluding carboxylic acids is 2. The van der Waals surface area contributed by atoms with E-state index in [1.807, 2.05) is 0 Å². The average molecular weight is 504 g/mol. The van der Waals surface area contributed by atoms with Crippen molar-refractivity contribution in [3.8, 4) is 11.4 Å². The lowest BCUT2D eigenvalue weighted by atomic mass is 10.0. The van der Waals surface area contributed by atoms with E-state index < -0.39 is 30.0 Å². The fourth-order valence-corrected chi connectivity index (χ4v) is 3.55. The third-order valence-electron chi connectivity index (χ3n) is 5.70. The standard InChI is InChI=1S/C21H23F3N10O2/c1-11(34-10-30-17(25-2)15(34)19(36)26-3)18(35)32-14-4-5-27-16(31-14)12-6-28-20(29-7-12)33-8-13(9-33)21(22,23)24/h4-7,10-11,13,25H,8-9H2,1-3H3,(H,26,36)(H,27,31,32,35). The number of hydrogen-bond donors (Lipinski definition) is 3.